The van der Waals surface area contributed by atoms with Crippen molar-refractivity contribution in [1.82, 2.24) is 10.2 Å². The molecule has 7 nitrogen and oxygen atoms in total. The summed E-state index contributed by atoms with van der Waals surface area (Å²) in [4.78, 5) is 41.3. The van der Waals surface area contributed by atoms with Crippen LogP contribution >= 0.6 is 0 Å². The van der Waals surface area contributed by atoms with Gasteiger partial charge in [0.2, 0.25) is 5.91 Å². The van der Waals surface area contributed by atoms with Crippen LogP contribution in [0.4, 0.5) is 16.2 Å². The largest absolute Gasteiger partial charge is 0.368 e. The highest BCUT2D eigenvalue weighted by Crippen LogP contribution is 2.16. The first-order chi connectivity index (χ1) is 14.8. The number of ketones is 1. The van der Waals surface area contributed by atoms with Gasteiger partial charge >= 0.3 is 6.03 Å². The second kappa shape index (κ2) is 10.1. The van der Waals surface area contributed by atoms with E-state index in [1.54, 1.807) is 29.2 Å². The van der Waals surface area contributed by atoms with E-state index in [0.717, 1.165) is 18.8 Å². The summed E-state index contributed by atoms with van der Waals surface area (Å²) in [5, 5.41) is 5.71. The van der Waals surface area contributed by atoms with Gasteiger partial charge in [0.1, 0.15) is 6.04 Å². The predicted molar refractivity (Wildman–Crippen MR) is 122 cm³/mol. The molecule has 7 heteroatoms. The molecule has 0 unspecified atom stereocenters. The van der Waals surface area contributed by atoms with Crippen LogP contribution in [0.2, 0.25) is 0 Å². The number of para-hydroxylation sites is 1. The lowest BCUT2D eigenvalue weighted by Gasteiger charge is -2.37. The van der Waals surface area contributed by atoms with Gasteiger partial charge in [-0.3, -0.25) is 9.59 Å². The third kappa shape index (κ3) is 5.84. The minimum atomic E-state index is -0.680. The zero-order valence-electron chi connectivity index (χ0n) is 18.3. The molecule has 0 aromatic heterocycles. The van der Waals surface area contributed by atoms with Crippen molar-refractivity contribution < 1.29 is 14.4 Å². The number of anilines is 2. The van der Waals surface area contributed by atoms with Crippen LogP contribution < -0.4 is 15.5 Å². The van der Waals surface area contributed by atoms with Crippen molar-refractivity contribution in [1.29, 1.82) is 0 Å². The van der Waals surface area contributed by atoms with Gasteiger partial charge in [-0.1, -0.05) is 44.2 Å². The molecule has 0 bridgehead atoms. The molecule has 2 aromatic carbocycles. The molecule has 3 rings (SSSR count). The van der Waals surface area contributed by atoms with E-state index in [0.29, 0.717) is 24.3 Å². The molecule has 1 aliphatic heterocycles. The lowest BCUT2D eigenvalue weighted by Crippen LogP contribution is -2.56. The quantitative estimate of drug-likeness (QED) is 0.700. The summed E-state index contributed by atoms with van der Waals surface area (Å²) in [5.74, 6) is -0.461. The van der Waals surface area contributed by atoms with Gasteiger partial charge in [-0.25, -0.2) is 4.79 Å². The molecule has 1 saturated heterocycles. The molecule has 0 radical (unpaired) electrons. The van der Waals surface area contributed by atoms with E-state index in [1.165, 1.54) is 6.92 Å². The van der Waals surface area contributed by atoms with Crippen LogP contribution in [0, 0.1) is 5.92 Å². The van der Waals surface area contributed by atoms with Crippen LogP contribution in [0.15, 0.2) is 54.6 Å². The number of nitrogens with one attached hydrogen (secondary N) is 2. The Morgan fingerprint density at radius 1 is 0.903 bits per heavy atom. The molecule has 2 aromatic rings. The van der Waals surface area contributed by atoms with Crippen LogP contribution in [0.1, 0.15) is 31.1 Å². The van der Waals surface area contributed by atoms with E-state index in [9.17, 15) is 14.4 Å². The molecule has 0 aliphatic carbocycles. The third-order valence-corrected chi connectivity index (χ3v) is 5.45. The smallest absolute Gasteiger partial charge is 0.318 e. The topological polar surface area (TPSA) is 81.8 Å². The highest BCUT2D eigenvalue weighted by molar-refractivity contribution is 5.99. The molecule has 2 N–H and O–H groups in total. The average Bonchev–Trinajstić information content (AvgIpc) is 2.78. The van der Waals surface area contributed by atoms with Gasteiger partial charge in [0.25, 0.3) is 0 Å². The highest BCUT2D eigenvalue weighted by atomic mass is 16.2. The van der Waals surface area contributed by atoms with E-state index >= 15 is 0 Å². The lowest BCUT2D eigenvalue weighted by molar-refractivity contribution is -0.118. The van der Waals surface area contributed by atoms with Crippen molar-refractivity contribution in [3.05, 3.63) is 60.2 Å². The molecule has 164 valence electrons. The Labute approximate surface area is 183 Å². The Bertz CT molecular complexity index is 921. The summed E-state index contributed by atoms with van der Waals surface area (Å²) >= 11 is 0. The molecular formula is C24H30N4O3. The van der Waals surface area contributed by atoms with Crippen molar-refractivity contribution in [3.8, 4) is 0 Å². The van der Waals surface area contributed by atoms with Gasteiger partial charge in [0.05, 0.1) is 0 Å². The zero-order chi connectivity index (χ0) is 22.4. The molecule has 0 saturated carbocycles. The van der Waals surface area contributed by atoms with Crippen molar-refractivity contribution >= 4 is 29.1 Å². The predicted octanol–water partition coefficient (Wildman–Crippen LogP) is 3.38. The summed E-state index contributed by atoms with van der Waals surface area (Å²) in [7, 11) is 0. The van der Waals surface area contributed by atoms with Gasteiger partial charge in [0.15, 0.2) is 5.78 Å². The number of carbonyl (C=O) groups excluding carboxylic acids is 3. The number of piperazine rings is 1. The van der Waals surface area contributed by atoms with Crippen molar-refractivity contribution in [2.24, 2.45) is 5.92 Å². The summed E-state index contributed by atoms with van der Waals surface area (Å²) in [6.07, 6.45) is 0. The van der Waals surface area contributed by atoms with Crippen molar-refractivity contribution in [3.63, 3.8) is 0 Å². The average molecular weight is 423 g/mol. The zero-order valence-corrected chi connectivity index (χ0v) is 18.3. The van der Waals surface area contributed by atoms with E-state index in [-0.39, 0.29) is 23.6 Å². The maximum Gasteiger partial charge on any atom is 0.318 e. The number of benzene rings is 2. The molecule has 1 heterocycles. The monoisotopic (exact) mass is 422 g/mol. The van der Waals surface area contributed by atoms with Crippen molar-refractivity contribution in [2.45, 2.75) is 26.8 Å². The summed E-state index contributed by atoms with van der Waals surface area (Å²) in [5.41, 5.74) is 2.21. The summed E-state index contributed by atoms with van der Waals surface area (Å²) in [6.45, 7) is 7.94. The molecule has 3 amide bonds. The minimum absolute atomic E-state index is 0.0699. The van der Waals surface area contributed by atoms with Gasteiger partial charge < -0.3 is 20.4 Å². The first-order valence-electron chi connectivity index (χ1n) is 10.6. The number of Topliss-reactive ketones (excluding diaryl/α,β-unsaturated/α-hetero) is 1. The first-order valence-corrected chi connectivity index (χ1v) is 10.6. The second-order valence-electron chi connectivity index (χ2n) is 8.11. The fraction of sp³-hybridized carbons (Fsp3) is 0.375. The van der Waals surface area contributed by atoms with E-state index in [1.807, 2.05) is 32.0 Å². The number of amides is 3. The van der Waals surface area contributed by atoms with E-state index in [2.05, 4.69) is 27.7 Å². The SMILES string of the molecule is CC(=O)c1cccc(NC(=O)[C@H](NC(=O)N2CCN(c3ccccc3)CC2)C(C)C)c1. The van der Waals surface area contributed by atoms with E-state index in [4.69, 9.17) is 0 Å². The lowest BCUT2D eigenvalue weighted by atomic mass is 10.0. The number of urea groups is 1. The fourth-order valence-electron chi connectivity index (χ4n) is 3.60. The van der Waals surface area contributed by atoms with Crippen LogP contribution in [0.5, 0.6) is 0 Å². The first kappa shape index (κ1) is 22.3. The van der Waals surface area contributed by atoms with Crippen LogP contribution in [0.25, 0.3) is 0 Å². The van der Waals surface area contributed by atoms with Crippen LogP contribution in [-0.4, -0.2) is 54.8 Å². The number of carbonyl (C=O) groups is 3. The molecule has 1 atom stereocenters. The summed E-state index contributed by atoms with van der Waals surface area (Å²) < 4.78 is 0. The Morgan fingerprint density at radius 3 is 2.19 bits per heavy atom. The maximum absolute atomic E-state index is 12.9. The molecular weight excluding hydrogens is 392 g/mol. The standard InChI is InChI=1S/C24H30N4O3/c1-17(2)22(23(30)25-20-9-7-8-19(16-20)18(3)29)26-24(31)28-14-12-27(13-15-28)21-10-5-4-6-11-21/h4-11,16-17,22H,12-15H2,1-3H3,(H,25,30)(H,26,31)/t22-/m1/s1. The summed E-state index contributed by atoms with van der Waals surface area (Å²) in [6, 6.07) is 16.0. The Morgan fingerprint density at radius 2 is 1.58 bits per heavy atom. The maximum atomic E-state index is 12.9. The minimum Gasteiger partial charge on any atom is -0.368 e. The van der Waals surface area contributed by atoms with Crippen molar-refractivity contribution in [2.75, 3.05) is 36.4 Å². The molecule has 31 heavy (non-hydrogen) atoms. The van der Waals surface area contributed by atoms with Gasteiger partial charge in [-0.15, -0.1) is 0 Å². The number of rotatable bonds is 6. The Hall–Kier alpha value is -3.35. The van der Waals surface area contributed by atoms with Crippen LogP contribution in [0.3, 0.4) is 0 Å². The number of hydrogen-bond donors (Lipinski definition) is 2. The second-order valence-corrected chi connectivity index (χ2v) is 8.11. The Kier molecular flexibility index (Phi) is 7.28. The molecule has 1 fully saturated rings. The van der Waals surface area contributed by atoms with Crippen LogP contribution in [-0.2, 0) is 4.79 Å². The molecule has 0 spiro atoms. The number of nitrogens with zero attached hydrogens (tertiary/aromatic N) is 2. The van der Waals surface area contributed by atoms with Gasteiger partial charge in [0, 0.05) is 43.1 Å². The van der Waals surface area contributed by atoms with Gasteiger partial charge in [-0.05, 0) is 37.1 Å². The third-order valence-electron chi connectivity index (χ3n) is 5.45. The van der Waals surface area contributed by atoms with E-state index < -0.39 is 6.04 Å². The molecule has 1 aliphatic rings. The Balaban J connectivity index is 1.58. The fourth-order valence-corrected chi connectivity index (χ4v) is 3.60. The van der Waals surface area contributed by atoms with Gasteiger partial charge in [-0.2, -0.15) is 0 Å². The normalized spacial score (nSPS) is 14.8. The highest BCUT2D eigenvalue weighted by Gasteiger charge is 2.28. The number of hydrogen-bond acceptors (Lipinski definition) is 4.